The minimum absolute atomic E-state index is 0.404. The number of nitrogens with zero attached hydrogens (tertiary/aromatic N) is 2. The van der Waals surface area contributed by atoms with Crippen molar-refractivity contribution in [2.75, 3.05) is 10.6 Å². The molecule has 2 heterocycles. The third kappa shape index (κ3) is 3.84. The summed E-state index contributed by atoms with van der Waals surface area (Å²) >= 11 is 0. The van der Waals surface area contributed by atoms with E-state index in [4.69, 9.17) is 4.65 Å². The number of aryl methyl sites for hydroxylation is 2. The maximum absolute atomic E-state index is 10.00. The second-order valence-electron chi connectivity index (χ2n) is 6.73. The molecule has 3 N–H and O–H groups in total. The van der Waals surface area contributed by atoms with Crippen molar-refractivity contribution in [1.29, 1.82) is 0 Å². The Kier molecular flexibility index (Phi) is 5.78. The summed E-state index contributed by atoms with van der Waals surface area (Å²) in [6.07, 6.45) is 4.76. The van der Waals surface area contributed by atoms with Gasteiger partial charge in [-0.1, -0.05) is 20.8 Å². The van der Waals surface area contributed by atoms with Gasteiger partial charge in [0.25, 0.3) is 0 Å². The molecular formula is C19H27BN4O2. The Morgan fingerprint density at radius 1 is 1.27 bits per heavy atom. The molecule has 0 aliphatic carbocycles. The van der Waals surface area contributed by atoms with Gasteiger partial charge in [0.05, 0.1) is 6.61 Å². The van der Waals surface area contributed by atoms with Gasteiger partial charge in [-0.2, -0.15) is 4.98 Å². The molecule has 0 radical (unpaired) electrons. The van der Waals surface area contributed by atoms with Gasteiger partial charge in [-0.25, -0.2) is 4.98 Å². The van der Waals surface area contributed by atoms with Gasteiger partial charge in [-0.05, 0) is 54.9 Å². The Hall–Kier alpha value is -2.12. The van der Waals surface area contributed by atoms with Crippen molar-refractivity contribution < 1.29 is 9.68 Å². The predicted molar refractivity (Wildman–Crippen MR) is 106 cm³/mol. The number of fused-ring (bicyclic) bond motifs is 1. The fourth-order valence-corrected chi connectivity index (χ4v) is 3.30. The zero-order chi connectivity index (χ0) is 18.7. The molecule has 0 amide bonds. The lowest BCUT2D eigenvalue weighted by molar-refractivity contribution is 0.275. The van der Waals surface area contributed by atoms with Crippen molar-refractivity contribution in [3.8, 4) is 0 Å². The molecule has 138 valence electrons. The van der Waals surface area contributed by atoms with E-state index in [1.807, 2.05) is 25.3 Å². The van der Waals surface area contributed by atoms with Crippen molar-refractivity contribution in [1.82, 2.24) is 9.97 Å². The molecular weight excluding hydrogens is 327 g/mol. The van der Waals surface area contributed by atoms with Gasteiger partial charge in [-0.15, -0.1) is 0 Å². The summed E-state index contributed by atoms with van der Waals surface area (Å²) in [5.41, 5.74) is 4.94. The number of rotatable bonds is 7. The second-order valence-corrected chi connectivity index (χ2v) is 6.73. The SMILES string of the molecule is CCc1cc(Nc2ncc(C)c(NC(CC)CC)n2)cc2c1B(O)OC2. The number of aromatic nitrogens is 2. The molecule has 0 fully saturated rings. The number of anilines is 3. The monoisotopic (exact) mass is 354 g/mol. The first-order valence-electron chi connectivity index (χ1n) is 9.38. The molecule has 0 spiro atoms. The van der Waals surface area contributed by atoms with Crippen LogP contribution in [0.15, 0.2) is 18.3 Å². The van der Waals surface area contributed by atoms with Crippen LogP contribution in [0.4, 0.5) is 17.5 Å². The fourth-order valence-electron chi connectivity index (χ4n) is 3.30. The third-order valence-electron chi connectivity index (χ3n) is 4.93. The Balaban J connectivity index is 1.85. The zero-order valence-corrected chi connectivity index (χ0v) is 16.0. The summed E-state index contributed by atoms with van der Waals surface area (Å²) in [6.45, 7) is 8.85. The standard InChI is InChI=1S/C19H27BN4O2/c1-5-13-8-16(9-14-11-26-20(25)17(13)14)23-19-21-10-12(4)18(24-19)22-15(6-2)7-3/h8-10,15,25H,5-7,11H2,1-4H3,(H2,21,22,23,24). The van der Waals surface area contributed by atoms with Crippen LogP contribution in [0, 0.1) is 6.92 Å². The van der Waals surface area contributed by atoms with Gasteiger partial charge < -0.3 is 20.3 Å². The summed E-state index contributed by atoms with van der Waals surface area (Å²) in [5, 5.41) is 16.8. The van der Waals surface area contributed by atoms with Crippen molar-refractivity contribution in [2.24, 2.45) is 0 Å². The smallest absolute Gasteiger partial charge is 0.423 e. The van der Waals surface area contributed by atoms with Gasteiger partial charge in [0.15, 0.2) is 0 Å². The third-order valence-corrected chi connectivity index (χ3v) is 4.93. The van der Waals surface area contributed by atoms with Gasteiger partial charge in [0.2, 0.25) is 5.95 Å². The molecule has 0 atom stereocenters. The van der Waals surface area contributed by atoms with Gasteiger partial charge in [0.1, 0.15) is 5.82 Å². The molecule has 1 aromatic heterocycles. The van der Waals surface area contributed by atoms with Crippen LogP contribution in [0.3, 0.4) is 0 Å². The minimum atomic E-state index is -0.819. The highest BCUT2D eigenvalue weighted by Gasteiger charge is 2.30. The topological polar surface area (TPSA) is 79.3 Å². The normalized spacial score (nSPS) is 13.2. The van der Waals surface area contributed by atoms with Crippen LogP contribution in [-0.2, 0) is 17.7 Å². The van der Waals surface area contributed by atoms with Crippen molar-refractivity contribution in [3.05, 3.63) is 35.0 Å². The number of nitrogens with one attached hydrogen (secondary N) is 2. The van der Waals surface area contributed by atoms with Crippen LogP contribution in [0.2, 0.25) is 0 Å². The molecule has 3 rings (SSSR count). The fraction of sp³-hybridized carbons (Fsp3) is 0.474. The summed E-state index contributed by atoms with van der Waals surface area (Å²) in [6, 6.07) is 4.44. The van der Waals surface area contributed by atoms with Crippen molar-refractivity contribution >= 4 is 30.0 Å². The Labute approximate surface area is 155 Å². The molecule has 7 heteroatoms. The molecule has 0 unspecified atom stereocenters. The number of hydrogen-bond donors (Lipinski definition) is 3. The lowest BCUT2D eigenvalue weighted by Crippen LogP contribution is -2.31. The first kappa shape index (κ1) is 18.7. The van der Waals surface area contributed by atoms with Gasteiger partial charge >= 0.3 is 7.12 Å². The molecule has 1 aliphatic heterocycles. The van der Waals surface area contributed by atoms with Crippen LogP contribution in [0.1, 0.15) is 50.3 Å². The zero-order valence-electron chi connectivity index (χ0n) is 16.0. The maximum Gasteiger partial charge on any atom is 0.492 e. The van der Waals surface area contributed by atoms with E-state index in [1.165, 1.54) is 0 Å². The first-order chi connectivity index (χ1) is 12.5. The van der Waals surface area contributed by atoms with E-state index < -0.39 is 7.12 Å². The number of hydrogen-bond acceptors (Lipinski definition) is 6. The Bertz CT molecular complexity index is 780. The highest BCUT2D eigenvalue weighted by molar-refractivity contribution is 6.62. The minimum Gasteiger partial charge on any atom is -0.423 e. The molecule has 6 nitrogen and oxygen atoms in total. The van der Waals surface area contributed by atoms with Crippen LogP contribution in [-0.4, -0.2) is 28.2 Å². The van der Waals surface area contributed by atoms with Gasteiger partial charge in [0, 0.05) is 23.5 Å². The first-order valence-corrected chi connectivity index (χ1v) is 9.38. The predicted octanol–water partition coefficient (Wildman–Crippen LogP) is 2.91. The lowest BCUT2D eigenvalue weighted by Gasteiger charge is -2.18. The van der Waals surface area contributed by atoms with E-state index >= 15 is 0 Å². The van der Waals surface area contributed by atoms with E-state index in [9.17, 15) is 5.02 Å². The van der Waals surface area contributed by atoms with E-state index in [-0.39, 0.29) is 0 Å². The quantitative estimate of drug-likeness (QED) is 0.664. The average molecular weight is 354 g/mol. The van der Waals surface area contributed by atoms with Crippen molar-refractivity contribution in [2.45, 2.75) is 59.6 Å². The van der Waals surface area contributed by atoms with E-state index in [1.54, 1.807) is 0 Å². The summed E-state index contributed by atoms with van der Waals surface area (Å²) < 4.78 is 5.36. The summed E-state index contributed by atoms with van der Waals surface area (Å²) in [5.74, 6) is 1.43. The van der Waals surface area contributed by atoms with Crippen molar-refractivity contribution in [3.63, 3.8) is 0 Å². The van der Waals surface area contributed by atoms with E-state index in [2.05, 4.69) is 41.4 Å². The summed E-state index contributed by atoms with van der Waals surface area (Å²) in [7, 11) is -0.819. The van der Waals surface area contributed by atoms with Crippen LogP contribution < -0.4 is 16.1 Å². The van der Waals surface area contributed by atoms with Crippen LogP contribution in [0.25, 0.3) is 0 Å². The second kappa shape index (κ2) is 8.06. The molecule has 1 aromatic carbocycles. The van der Waals surface area contributed by atoms with Crippen LogP contribution in [0.5, 0.6) is 0 Å². The molecule has 0 saturated heterocycles. The highest BCUT2D eigenvalue weighted by atomic mass is 16.5. The average Bonchev–Trinajstić information content (AvgIpc) is 3.02. The molecule has 2 aromatic rings. The molecule has 0 bridgehead atoms. The van der Waals surface area contributed by atoms with E-state index in [0.29, 0.717) is 18.6 Å². The van der Waals surface area contributed by atoms with Crippen LogP contribution >= 0.6 is 0 Å². The molecule has 1 aliphatic rings. The lowest BCUT2D eigenvalue weighted by atomic mass is 9.75. The highest BCUT2D eigenvalue weighted by Crippen LogP contribution is 2.23. The van der Waals surface area contributed by atoms with Gasteiger partial charge in [-0.3, -0.25) is 0 Å². The maximum atomic E-state index is 10.00. The number of benzene rings is 1. The Morgan fingerprint density at radius 2 is 2.04 bits per heavy atom. The summed E-state index contributed by atoms with van der Waals surface area (Å²) in [4.78, 5) is 9.07. The Morgan fingerprint density at radius 3 is 2.73 bits per heavy atom. The molecule has 0 saturated carbocycles. The molecule has 26 heavy (non-hydrogen) atoms. The largest absolute Gasteiger partial charge is 0.492 e. The van der Waals surface area contributed by atoms with E-state index in [0.717, 1.165) is 52.9 Å².